The monoisotopic (exact) mass is 631 g/mol. The quantitative estimate of drug-likeness (QED) is 0.148. The number of nitriles is 1. The van der Waals surface area contributed by atoms with Crippen LogP contribution in [0.1, 0.15) is 103 Å². The Balaban J connectivity index is 1.36. The molecule has 0 aliphatic carbocycles. The van der Waals surface area contributed by atoms with Gasteiger partial charge in [-0.3, -0.25) is 19.4 Å². The molecule has 46 heavy (non-hydrogen) atoms. The number of unbranched alkanes of at least 4 members (excludes halogenated alkanes) is 5. The Labute approximate surface area is 275 Å². The van der Waals surface area contributed by atoms with Crippen LogP contribution in [-0.2, 0) is 14.3 Å². The van der Waals surface area contributed by atoms with Gasteiger partial charge in [-0.2, -0.15) is 5.26 Å². The summed E-state index contributed by atoms with van der Waals surface area (Å²) < 4.78 is 4.88. The van der Waals surface area contributed by atoms with Crippen LogP contribution in [0.2, 0.25) is 0 Å². The molecule has 0 bridgehead atoms. The summed E-state index contributed by atoms with van der Waals surface area (Å²) >= 11 is 0. The van der Waals surface area contributed by atoms with E-state index in [4.69, 9.17) is 4.74 Å². The molecule has 2 N–H and O–H groups in total. The first-order chi connectivity index (χ1) is 22.1. The average molecular weight is 632 g/mol. The highest BCUT2D eigenvalue weighted by Gasteiger charge is 2.30. The SMILES string of the molecule is CCCN(CCCCCCCCN1CCCC1C(=O)Nc1c(C)ccc(C#N)c1C)CC(=O)Nc1c(C)ccc(C(=O)OC)c1C. The number of carbonyl (C=O) groups is 3. The van der Waals surface area contributed by atoms with Crippen LogP contribution in [0.25, 0.3) is 0 Å². The first kappa shape index (κ1) is 36.7. The van der Waals surface area contributed by atoms with Crippen molar-refractivity contribution in [2.24, 2.45) is 0 Å². The van der Waals surface area contributed by atoms with Gasteiger partial charge in [-0.25, -0.2) is 4.79 Å². The molecule has 9 heteroatoms. The summed E-state index contributed by atoms with van der Waals surface area (Å²) in [5.74, 6) is -0.450. The van der Waals surface area contributed by atoms with Gasteiger partial charge in [0.2, 0.25) is 11.8 Å². The van der Waals surface area contributed by atoms with Crippen LogP contribution in [0.15, 0.2) is 24.3 Å². The summed E-state index contributed by atoms with van der Waals surface area (Å²) in [5.41, 5.74) is 5.94. The highest BCUT2D eigenvalue weighted by atomic mass is 16.5. The molecule has 1 atom stereocenters. The van der Waals surface area contributed by atoms with E-state index in [2.05, 4.69) is 33.4 Å². The lowest BCUT2D eigenvalue weighted by atomic mass is 10.0. The van der Waals surface area contributed by atoms with Gasteiger partial charge in [0.25, 0.3) is 0 Å². The normalized spacial score (nSPS) is 14.7. The van der Waals surface area contributed by atoms with Crippen LogP contribution in [0.4, 0.5) is 11.4 Å². The smallest absolute Gasteiger partial charge is 0.338 e. The van der Waals surface area contributed by atoms with Gasteiger partial charge >= 0.3 is 5.97 Å². The van der Waals surface area contributed by atoms with E-state index in [-0.39, 0.29) is 17.9 Å². The summed E-state index contributed by atoms with van der Waals surface area (Å²) in [6.07, 6.45) is 9.56. The molecule has 1 unspecified atom stereocenters. The van der Waals surface area contributed by atoms with Gasteiger partial charge in [-0.15, -0.1) is 0 Å². The Hall–Kier alpha value is -3.74. The Kier molecular flexibility index (Phi) is 14.7. The molecule has 1 fully saturated rings. The van der Waals surface area contributed by atoms with Crippen LogP contribution in [0, 0.1) is 39.0 Å². The van der Waals surface area contributed by atoms with E-state index in [0.29, 0.717) is 23.4 Å². The molecule has 1 aliphatic heterocycles. The number of amides is 2. The minimum atomic E-state index is -0.408. The molecular weight excluding hydrogens is 578 g/mol. The number of carbonyl (C=O) groups excluding carboxylic acids is 3. The minimum Gasteiger partial charge on any atom is -0.465 e. The highest BCUT2D eigenvalue weighted by Crippen LogP contribution is 2.27. The second kappa shape index (κ2) is 18.4. The maximum atomic E-state index is 13.2. The summed E-state index contributed by atoms with van der Waals surface area (Å²) in [6, 6.07) is 9.36. The van der Waals surface area contributed by atoms with Crippen LogP contribution in [0.5, 0.6) is 0 Å². The predicted octanol–water partition coefficient (Wildman–Crippen LogP) is 6.67. The van der Waals surface area contributed by atoms with Crippen molar-refractivity contribution in [1.82, 2.24) is 9.80 Å². The molecule has 2 aromatic carbocycles. The fourth-order valence-corrected chi connectivity index (χ4v) is 6.45. The topological polar surface area (TPSA) is 115 Å². The van der Waals surface area contributed by atoms with Crippen molar-refractivity contribution in [2.45, 2.75) is 98.4 Å². The molecule has 0 radical (unpaired) electrons. The number of hydrogen-bond acceptors (Lipinski definition) is 7. The maximum Gasteiger partial charge on any atom is 0.338 e. The number of rotatable bonds is 17. The zero-order chi connectivity index (χ0) is 33.6. The first-order valence-electron chi connectivity index (χ1n) is 16.9. The molecule has 2 amide bonds. The van der Waals surface area contributed by atoms with Crippen molar-refractivity contribution < 1.29 is 19.1 Å². The average Bonchev–Trinajstić information content (AvgIpc) is 3.51. The van der Waals surface area contributed by atoms with Crippen LogP contribution in [-0.4, -0.2) is 73.5 Å². The Bertz CT molecular complexity index is 1400. The molecule has 0 saturated carbocycles. The number of methoxy groups -OCH3 is 1. The summed E-state index contributed by atoms with van der Waals surface area (Å²) in [6.45, 7) is 13.7. The van der Waals surface area contributed by atoms with E-state index in [1.165, 1.54) is 7.11 Å². The molecule has 1 aliphatic rings. The molecule has 0 spiro atoms. The van der Waals surface area contributed by atoms with Crippen molar-refractivity contribution >= 4 is 29.2 Å². The number of aryl methyl sites for hydroxylation is 2. The fourth-order valence-electron chi connectivity index (χ4n) is 6.45. The van der Waals surface area contributed by atoms with Gasteiger partial charge in [0, 0.05) is 11.4 Å². The lowest BCUT2D eigenvalue weighted by Crippen LogP contribution is -2.40. The number of anilines is 2. The Morgan fingerprint density at radius 1 is 0.913 bits per heavy atom. The number of ether oxygens (including phenoxy) is 1. The van der Waals surface area contributed by atoms with E-state index >= 15 is 0 Å². The van der Waals surface area contributed by atoms with Gasteiger partial charge in [-0.1, -0.05) is 44.7 Å². The second-order valence-corrected chi connectivity index (χ2v) is 12.6. The summed E-state index contributed by atoms with van der Waals surface area (Å²) in [5, 5.41) is 15.5. The number of nitrogens with one attached hydrogen (secondary N) is 2. The van der Waals surface area contributed by atoms with Gasteiger partial charge < -0.3 is 15.4 Å². The van der Waals surface area contributed by atoms with E-state index in [9.17, 15) is 19.6 Å². The molecule has 3 rings (SSSR count). The molecule has 0 aromatic heterocycles. The highest BCUT2D eigenvalue weighted by molar-refractivity contribution is 5.98. The minimum absolute atomic E-state index is 0.0316. The number of esters is 1. The number of benzene rings is 2. The number of nitrogens with zero attached hydrogens (tertiary/aromatic N) is 3. The zero-order valence-corrected chi connectivity index (χ0v) is 28.8. The van der Waals surface area contributed by atoms with Gasteiger partial charge in [0.05, 0.1) is 36.9 Å². The summed E-state index contributed by atoms with van der Waals surface area (Å²) in [7, 11) is 1.36. The Morgan fingerprint density at radius 3 is 2.24 bits per heavy atom. The van der Waals surface area contributed by atoms with E-state index in [0.717, 1.165) is 112 Å². The van der Waals surface area contributed by atoms with Gasteiger partial charge in [0.1, 0.15) is 0 Å². The van der Waals surface area contributed by atoms with Crippen molar-refractivity contribution in [3.63, 3.8) is 0 Å². The molecular formula is C37H53N5O4. The fraction of sp³-hybridized carbons (Fsp3) is 0.568. The van der Waals surface area contributed by atoms with Crippen molar-refractivity contribution in [1.29, 1.82) is 5.26 Å². The third kappa shape index (κ3) is 10.1. The first-order valence-corrected chi connectivity index (χ1v) is 16.9. The molecule has 2 aromatic rings. The Morgan fingerprint density at radius 2 is 1.57 bits per heavy atom. The van der Waals surface area contributed by atoms with E-state index in [1.807, 2.05) is 39.8 Å². The van der Waals surface area contributed by atoms with Crippen molar-refractivity contribution in [2.75, 3.05) is 50.5 Å². The van der Waals surface area contributed by atoms with Crippen LogP contribution >= 0.6 is 0 Å². The van der Waals surface area contributed by atoms with E-state index in [1.54, 1.807) is 12.1 Å². The lowest BCUT2D eigenvalue weighted by Gasteiger charge is -2.24. The van der Waals surface area contributed by atoms with Crippen molar-refractivity contribution in [3.8, 4) is 6.07 Å². The van der Waals surface area contributed by atoms with Crippen LogP contribution in [0.3, 0.4) is 0 Å². The number of hydrogen-bond donors (Lipinski definition) is 2. The standard InChI is InChI=1S/C37H53N5O4/c1-7-20-41(25-33(43)39-35-27(3)17-19-31(29(35)5)37(45)46-6)21-12-10-8-9-11-13-22-42-23-14-15-32(42)36(44)40-34-26(2)16-18-30(24-38)28(34)4/h16-19,32H,7-15,20-23,25H2,1-6H3,(H,39,43)(H,40,44). The lowest BCUT2D eigenvalue weighted by molar-refractivity contribution is -0.120. The second-order valence-electron chi connectivity index (χ2n) is 12.6. The van der Waals surface area contributed by atoms with E-state index < -0.39 is 5.97 Å². The predicted molar refractivity (Wildman–Crippen MR) is 184 cm³/mol. The maximum absolute atomic E-state index is 13.2. The molecule has 1 heterocycles. The molecule has 9 nitrogen and oxygen atoms in total. The molecule has 250 valence electrons. The molecule has 1 saturated heterocycles. The van der Waals surface area contributed by atoms with Gasteiger partial charge in [-0.05, 0) is 120 Å². The largest absolute Gasteiger partial charge is 0.465 e. The van der Waals surface area contributed by atoms with Crippen LogP contribution < -0.4 is 10.6 Å². The third-order valence-electron chi connectivity index (χ3n) is 9.13. The van der Waals surface area contributed by atoms with Crippen molar-refractivity contribution in [3.05, 3.63) is 57.6 Å². The summed E-state index contributed by atoms with van der Waals surface area (Å²) in [4.78, 5) is 42.8. The van der Waals surface area contributed by atoms with Gasteiger partial charge in [0.15, 0.2) is 0 Å². The number of likely N-dealkylation sites (tertiary alicyclic amines) is 1. The third-order valence-corrected chi connectivity index (χ3v) is 9.13. The zero-order valence-electron chi connectivity index (χ0n) is 28.8.